The van der Waals surface area contributed by atoms with Crippen LogP contribution in [-0.2, 0) is 9.53 Å². The first-order chi connectivity index (χ1) is 9.39. The number of rotatable bonds is 5. The van der Waals surface area contributed by atoms with E-state index in [0.717, 1.165) is 45.8 Å². The Bertz CT molecular complexity index is 348. The fraction of sp³-hybridized carbons (Fsp3) is 0.933. The largest absolute Gasteiger partial charge is 0.481 e. The summed E-state index contributed by atoms with van der Waals surface area (Å²) in [6.45, 7) is 12.6. The second-order valence-electron chi connectivity index (χ2n) is 7.00. The zero-order valence-corrected chi connectivity index (χ0v) is 13.0. The number of aliphatic carboxylic acids is 1. The Labute approximate surface area is 121 Å². The molecule has 0 aliphatic carbocycles. The van der Waals surface area contributed by atoms with E-state index in [0.29, 0.717) is 12.5 Å². The first-order valence-electron chi connectivity index (χ1n) is 7.69. The smallest absolute Gasteiger partial charge is 0.310 e. The minimum absolute atomic E-state index is 0.221. The lowest BCUT2D eigenvalue weighted by Crippen LogP contribution is -2.48. The van der Waals surface area contributed by atoms with Crippen LogP contribution in [0.15, 0.2) is 0 Å². The molecule has 2 saturated heterocycles. The van der Waals surface area contributed by atoms with Gasteiger partial charge in [0.1, 0.15) is 0 Å². The molecule has 2 rings (SSSR count). The number of nitrogens with zero attached hydrogens (tertiary/aromatic N) is 2. The van der Waals surface area contributed by atoms with Gasteiger partial charge >= 0.3 is 5.97 Å². The molecule has 20 heavy (non-hydrogen) atoms. The fourth-order valence-electron chi connectivity index (χ4n) is 3.25. The summed E-state index contributed by atoms with van der Waals surface area (Å²) >= 11 is 0. The van der Waals surface area contributed by atoms with Crippen molar-refractivity contribution in [1.82, 2.24) is 9.80 Å². The van der Waals surface area contributed by atoms with Gasteiger partial charge in [-0.15, -0.1) is 0 Å². The summed E-state index contributed by atoms with van der Waals surface area (Å²) in [6.07, 6.45) is 0.962. The summed E-state index contributed by atoms with van der Waals surface area (Å²) < 4.78 is 5.85. The highest BCUT2D eigenvalue weighted by molar-refractivity contribution is 5.74. The van der Waals surface area contributed by atoms with Gasteiger partial charge in [-0.05, 0) is 25.8 Å². The van der Waals surface area contributed by atoms with E-state index in [-0.39, 0.29) is 6.10 Å². The van der Waals surface area contributed by atoms with E-state index in [2.05, 4.69) is 23.6 Å². The first kappa shape index (κ1) is 15.7. The summed E-state index contributed by atoms with van der Waals surface area (Å²) in [4.78, 5) is 16.0. The van der Waals surface area contributed by atoms with Gasteiger partial charge in [-0.3, -0.25) is 14.6 Å². The molecule has 2 fully saturated rings. The first-order valence-corrected chi connectivity index (χ1v) is 7.69. The van der Waals surface area contributed by atoms with Gasteiger partial charge in [-0.25, -0.2) is 0 Å². The van der Waals surface area contributed by atoms with Crippen LogP contribution < -0.4 is 0 Å². The van der Waals surface area contributed by atoms with E-state index >= 15 is 0 Å². The van der Waals surface area contributed by atoms with E-state index in [9.17, 15) is 9.90 Å². The van der Waals surface area contributed by atoms with Gasteiger partial charge in [0, 0.05) is 32.7 Å². The Kier molecular flexibility index (Phi) is 5.04. The molecule has 0 spiro atoms. The minimum Gasteiger partial charge on any atom is -0.481 e. The minimum atomic E-state index is -0.675. The van der Waals surface area contributed by atoms with E-state index in [1.54, 1.807) is 0 Å². The van der Waals surface area contributed by atoms with Crippen LogP contribution >= 0.6 is 0 Å². The highest BCUT2D eigenvalue weighted by Crippen LogP contribution is 2.30. The lowest BCUT2D eigenvalue weighted by molar-refractivity contribution is -0.147. The van der Waals surface area contributed by atoms with Crippen LogP contribution in [0.3, 0.4) is 0 Å². The average Bonchev–Trinajstić information content (AvgIpc) is 2.72. The van der Waals surface area contributed by atoms with Crippen LogP contribution in [-0.4, -0.2) is 72.9 Å². The van der Waals surface area contributed by atoms with Crippen molar-refractivity contribution in [3.05, 3.63) is 0 Å². The van der Waals surface area contributed by atoms with Gasteiger partial charge in [-0.2, -0.15) is 0 Å². The lowest BCUT2D eigenvalue weighted by atomic mass is 9.90. The number of morpholine rings is 1. The third kappa shape index (κ3) is 3.93. The molecular weight excluding hydrogens is 256 g/mol. The molecule has 0 radical (unpaired) electrons. The molecule has 2 atom stereocenters. The summed E-state index contributed by atoms with van der Waals surface area (Å²) in [5.41, 5.74) is -0.577. The number of ether oxygens (including phenoxy) is 1. The molecule has 0 amide bonds. The Morgan fingerprint density at radius 1 is 1.40 bits per heavy atom. The fourth-order valence-corrected chi connectivity index (χ4v) is 3.25. The number of hydrogen-bond donors (Lipinski definition) is 1. The SMILES string of the molecule is CC(C)CN1CCOC(CN2CCC(C)(C(=O)O)C2)C1. The normalized spacial score (nSPS) is 32.9. The summed E-state index contributed by atoms with van der Waals surface area (Å²) in [5.74, 6) is 0.00170. The van der Waals surface area contributed by atoms with Gasteiger partial charge in [0.25, 0.3) is 0 Å². The van der Waals surface area contributed by atoms with Crippen LogP contribution in [0.2, 0.25) is 0 Å². The standard InChI is InChI=1S/C15H28N2O3/c1-12(2)8-16-6-7-20-13(9-16)10-17-5-4-15(3,11-17)14(18)19/h12-13H,4-11H2,1-3H3,(H,18,19). The second kappa shape index (κ2) is 6.41. The zero-order chi connectivity index (χ0) is 14.8. The van der Waals surface area contributed by atoms with Crippen molar-refractivity contribution in [2.75, 3.05) is 45.9 Å². The molecule has 0 aromatic heterocycles. The molecule has 0 saturated carbocycles. The third-order valence-electron chi connectivity index (χ3n) is 4.38. The Hall–Kier alpha value is -0.650. The molecule has 5 nitrogen and oxygen atoms in total. The highest BCUT2D eigenvalue weighted by Gasteiger charge is 2.41. The van der Waals surface area contributed by atoms with Gasteiger partial charge < -0.3 is 9.84 Å². The van der Waals surface area contributed by atoms with Crippen molar-refractivity contribution in [1.29, 1.82) is 0 Å². The number of carboxylic acids is 1. The number of carboxylic acid groups (broad SMARTS) is 1. The van der Waals surface area contributed by atoms with Crippen LogP contribution in [0.25, 0.3) is 0 Å². The maximum Gasteiger partial charge on any atom is 0.310 e. The molecule has 2 aliphatic heterocycles. The molecule has 5 heteroatoms. The molecule has 1 N–H and O–H groups in total. The van der Waals surface area contributed by atoms with Crippen LogP contribution in [0.4, 0.5) is 0 Å². The Balaban J connectivity index is 1.81. The monoisotopic (exact) mass is 284 g/mol. The predicted molar refractivity (Wildman–Crippen MR) is 77.8 cm³/mol. The van der Waals surface area contributed by atoms with Crippen molar-refractivity contribution >= 4 is 5.97 Å². The van der Waals surface area contributed by atoms with Gasteiger partial charge in [-0.1, -0.05) is 13.8 Å². The summed E-state index contributed by atoms with van der Waals surface area (Å²) in [6, 6.07) is 0. The molecule has 0 aromatic rings. The Morgan fingerprint density at radius 3 is 2.75 bits per heavy atom. The van der Waals surface area contributed by atoms with E-state index in [1.807, 2.05) is 6.92 Å². The van der Waals surface area contributed by atoms with Gasteiger partial charge in [0.2, 0.25) is 0 Å². The van der Waals surface area contributed by atoms with Crippen LogP contribution in [0, 0.1) is 11.3 Å². The maximum atomic E-state index is 11.3. The van der Waals surface area contributed by atoms with E-state index in [1.165, 1.54) is 0 Å². The van der Waals surface area contributed by atoms with Crippen molar-refractivity contribution in [2.45, 2.75) is 33.3 Å². The Morgan fingerprint density at radius 2 is 2.15 bits per heavy atom. The molecule has 2 unspecified atom stereocenters. The van der Waals surface area contributed by atoms with Gasteiger partial charge in [0.05, 0.1) is 18.1 Å². The highest BCUT2D eigenvalue weighted by atomic mass is 16.5. The van der Waals surface area contributed by atoms with E-state index < -0.39 is 11.4 Å². The molecular formula is C15H28N2O3. The zero-order valence-electron chi connectivity index (χ0n) is 13.0. The quantitative estimate of drug-likeness (QED) is 0.820. The molecule has 2 heterocycles. The molecule has 0 aromatic carbocycles. The number of carbonyl (C=O) groups is 1. The van der Waals surface area contributed by atoms with Gasteiger partial charge in [0.15, 0.2) is 0 Å². The van der Waals surface area contributed by atoms with Crippen molar-refractivity contribution < 1.29 is 14.6 Å². The van der Waals surface area contributed by atoms with Crippen molar-refractivity contribution in [2.24, 2.45) is 11.3 Å². The lowest BCUT2D eigenvalue weighted by Gasteiger charge is -2.35. The molecule has 116 valence electrons. The second-order valence-corrected chi connectivity index (χ2v) is 7.00. The average molecular weight is 284 g/mol. The predicted octanol–water partition coefficient (Wildman–Crippen LogP) is 1.14. The van der Waals surface area contributed by atoms with Crippen molar-refractivity contribution in [3.63, 3.8) is 0 Å². The summed E-state index contributed by atoms with van der Waals surface area (Å²) in [7, 11) is 0. The third-order valence-corrected chi connectivity index (χ3v) is 4.38. The number of likely N-dealkylation sites (tertiary alicyclic amines) is 1. The maximum absolute atomic E-state index is 11.3. The van der Waals surface area contributed by atoms with Crippen LogP contribution in [0.1, 0.15) is 27.2 Å². The van der Waals surface area contributed by atoms with Crippen molar-refractivity contribution in [3.8, 4) is 0 Å². The topological polar surface area (TPSA) is 53.0 Å². The van der Waals surface area contributed by atoms with E-state index in [4.69, 9.17) is 4.74 Å². The summed E-state index contributed by atoms with van der Waals surface area (Å²) in [5, 5.41) is 9.27. The molecule has 0 bridgehead atoms. The van der Waals surface area contributed by atoms with Crippen LogP contribution in [0.5, 0.6) is 0 Å². The number of hydrogen-bond acceptors (Lipinski definition) is 4. The molecule has 2 aliphatic rings.